The van der Waals surface area contributed by atoms with Crippen LogP contribution in [0.5, 0.6) is 0 Å². The topological polar surface area (TPSA) is 19.4 Å². The van der Waals surface area contributed by atoms with Gasteiger partial charge in [0.1, 0.15) is 0 Å². The number of anilines is 6. The number of benzene rings is 6. The molecule has 6 nitrogen and oxygen atoms in total. The lowest BCUT2D eigenvalue weighted by atomic mass is 9.57. The molecule has 486 valence electrons. The molecule has 0 bridgehead atoms. The molecule has 0 spiro atoms. The Hall–Kier alpha value is -5.02. The van der Waals surface area contributed by atoms with Crippen LogP contribution in [-0.2, 0) is 0 Å². The van der Waals surface area contributed by atoms with Gasteiger partial charge in [0, 0.05) is 141 Å². The average molecular weight is 1280 g/mol. The molecule has 6 saturated heterocycles. The summed E-state index contributed by atoms with van der Waals surface area (Å²) in [5.41, 5.74) is 13.7. The molecule has 10 aliphatic carbocycles. The van der Waals surface area contributed by atoms with E-state index in [1.165, 1.54) is 141 Å². The van der Waals surface area contributed by atoms with Gasteiger partial charge in [0.25, 0.3) is 0 Å². The smallest absolute Gasteiger partial charge is 0.0413 e. The van der Waals surface area contributed by atoms with Gasteiger partial charge in [-0.2, -0.15) is 0 Å². The van der Waals surface area contributed by atoms with E-state index in [9.17, 15) is 0 Å². The molecule has 0 aromatic heterocycles. The van der Waals surface area contributed by atoms with Crippen molar-refractivity contribution in [3.05, 3.63) is 182 Å². The Labute approximate surface area is 564 Å². The summed E-state index contributed by atoms with van der Waals surface area (Å²) in [6, 6.07) is 82.3. The first kappa shape index (κ1) is 56.9. The molecule has 0 amide bonds. The van der Waals surface area contributed by atoms with Gasteiger partial charge in [0.2, 0.25) is 0 Å². The zero-order valence-corrected chi connectivity index (χ0v) is 57.4. The second kappa shape index (κ2) is 22.2. The molecule has 0 radical (unpaired) electrons. The zero-order chi connectivity index (χ0) is 61.0. The molecule has 6 heterocycles. The largest absolute Gasteiger partial charge is 0.364 e. The summed E-state index contributed by atoms with van der Waals surface area (Å²) in [6.45, 7) is 0. The minimum Gasteiger partial charge on any atom is -0.364 e. The van der Waals surface area contributed by atoms with Crippen molar-refractivity contribution >= 4 is 50.0 Å². The predicted molar refractivity (Wildman–Crippen MR) is 392 cm³/mol. The third-order valence-electron chi connectivity index (χ3n) is 31.2. The second-order valence-corrected chi connectivity index (χ2v) is 39.6. The van der Waals surface area contributed by atoms with E-state index in [0.717, 1.165) is 47.3 Å². The number of rotatable bonds is 6. The van der Waals surface area contributed by atoms with E-state index in [0.29, 0.717) is 118 Å². The van der Waals surface area contributed by atoms with Crippen LogP contribution < -0.4 is 29.4 Å². The molecule has 30 atom stereocenters. The molecule has 16 fully saturated rings. The monoisotopic (exact) mass is 1280 g/mol. The van der Waals surface area contributed by atoms with E-state index in [1.807, 2.05) is 0 Å². The van der Waals surface area contributed by atoms with Gasteiger partial charge in [-0.3, -0.25) is 0 Å². The van der Waals surface area contributed by atoms with E-state index in [-0.39, 0.29) is 0 Å². The van der Waals surface area contributed by atoms with E-state index in [1.54, 1.807) is 34.1 Å². The van der Waals surface area contributed by atoms with E-state index < -0.39 is 15.8 Å². The maximum Gasteiger partial charge on any atom is 0.0413 e. The van der Waals surface area contributed by atoms with Gasteiger partial charge in [-0.25, -0.2) is 0 Å². The molecule has 6 aromatic carbocycles. The summed E-state index contributed by atoms with van der Waals surface area (Å²) in [4.78, 5) is 20.4. The third-order valence-corrected chi connectivity index (χ3v) is 39.2. The van der Waals surface area contributed by atoms with Gasteiger partial charge in [-0.15, -0.1) is 0 Å². The Kier molecular flexibility index (Phi) is 13.5. The number of fused-ring (bicyclic) bond motifs is 11. The summed E-state index contributed by atoms with van der Waals surface area (Å²) < 4.78 is 0. The maximum absolute atomic E-state index is 3.45. The predicted octanol–water partition coefficient (Wildman–Crippen LogP) is 18.6. The molecule has 6 aliphatic heterocycles. The van der Waals surface area contributed by atoms with E-state index in [2.05, 4.69) is 211 Å². The van der Waals surface area contributed by atoms with Crippen LogP contribution in [0.15, 0.2) is 182 Å². The Balaban J connectivity index is 0.810. The molecule has 94 heavy (non-hydrogen) atoms. The van der Waals surface area contributed by atoms with Crippen LogP contribution in [0.1, 0.15) is 141 Å². The van der Waals surface area contributed by atoms with Crippen molar-refractivity contribution in [2.45, 2.75) is 248 Å². The van der Waals surface area contributed by atoms with Crippen molar-refractivity contribution in [1.82, 2.24) is 0 Å². The van der Waals surface area contributed by atoms with Crippen LogP contribution in [-0.4, -0.2) is 106 Å². The van der Waals surface area contributed by atoms with Crippen LogP contribution >= 0.6 is 15.8 Å². The molecular formula is C86H102N6P2. The van der Waals surface area contributed by atoms with E-state index in [4.69, 9.17) is 0 Å². The van der Waals surface area contributed by atoms with Crippen molar-refractivity contribution in [2.75, 3.05) is 29.4 Å². The summed E-state index contributed by atoms with van der Waals surface area (Å²) in [6.07, 6.45) is 31.4. The van der Waals surface area contributed by atoms with Gasteiger partial charge in [0.15, 0.2) is 0 Å². The highest BCUT2D eigenvalue weighted by Crippen LogP contribution is 2.81. The first-order valence-electron chi connectivity index (χ1n) is 39.3. The first-order valence-corrected chi connectivity index (χ1v) is 42.4. The standard InChI is InChI=1S/C86H102N6P2/c1-7-31-57(32-8-1)87-69-47-53-27-19-23-43-63(53)75-81(69)93-83-71(49-55-29-21-25-45-65(55)77(83)91(75)61-39-15-5-16-40-61)89(59-35-11-3-12-36-59)79-68-52-74-86-80(67(68)51-73(87)85(79)93)90(60-37-13-4-14-38-60)72-50-56-30-22-26-46-66(56)78-84(72)94(86)82-70(88(74)58-33-9-2-10-34-58)48-54-28-20-24-44-64(54)76(82)92(78)62-41-17-6-18-42-62/h1-18,31-42,53-56,63-86H,19-30,43-52H2. The average Bonchev–Trinajstić information content (AvgIpc) is 0.653. The Morgan fingerprint density at radius 1 is 0.202 bits per heavy atom. The number of para-hydroxylation sites is 6. The lowest BCUT2D eigenvalue weighted by molar-refractivity contribution is 0.0170. The van der Waals surface area contributed by atoms with Crippen LogP contribution in [0.4, 0.5) is 34.1 Å². The second-order valence-electron chi connectivity index (χ2n) is 34.2. The number of hydrogen-bond acceptors (Lipinski definition) is 6. The fourth-order valence-corrected chi connectivity index (χ4v) is 39.7. The minimum atomic E-state index is -0.398. The Morgan fingerprint density at radius 3 is 0.670 bits per heavy atom. The Morgan fingerprint density at radius 2 is 0.404 bits per heavy atom. The van der Waals surface area contributed by atoms with Gasteiger partial charge in [-0.05, 0) is 196 Å². The molecule has 16 aliphatic rings. The minimum absolute atomic E-state index is 0.398. The van der Waals surface area contributed by atoms with Crippen LogP contribution in [0.25, 0.3) is 0 Å². The summed E-state index contributed by atoms with van der Waals surface area (Å²) in [5, 5.41) is 0. The van der Waals surface area contributed by atoms with Gasteiger partial charge < -0.3 is 29.4 Å². The highest BCUT2D eigenvalue weighted by atomic mass is 31.1. The van der Waals surface area contributed by atoms with Crippen LogP contribution in [0.3, 0.4) is 0 Å². The normalized spacial score (nSPS) is 46.1. The number of nitrogens with zero attached hydrogens (tertiary/aromatic N) is 6. The number of hydrogen-bond donors (Lipinski definition) is 0. The quantitative estimate of drug-likeness (QED) is 0.154. The van der Waals surface area contributed by atoms with Crippen molar-refractivity contribution < 1.29 is 0 Å². The summed E-state index contributed by atoms with van der Waals surface area (Å²) in [5.74, 6) is 7.55. The first-order chi connectivity index (χ1) is 46.7. The molecule has 22 rings (SSSR count). The molecular weight excluding hydrogens is 1180 g/mol. The highest BCUT2D eigenvalue weighted by molar-refractivity contribution is 7.61. The lowest BCUT2D eigenvalue weighted by Crippen LogP contribution is -2.86. The summed E-state index contributed by atoms with van der Waals surface area (Å²) >= 11 is 0. The molecule has 6 aromatic rings. The molecule has 30 unspecified atom stereocenters. The van der Waals surface area contributed by atoms with Crippen molar-refractivity contribution in [2.24, 2.45) is 59.2 Å². The fraction of sp³-hybridized carbons (Fsp3) is 0.581. The highest BCUT2D eigenvalue weighted by Gasteiger charge is 2.78. The fourth-order valence-electron chi connectivity index (χ4n) is 29.0. The third kappa shape index (κ3) is 8.03. The Bertz CT molecular complexity index is 3440. The van der Waals surface area contributed by atoms with Crippen molar-refractivity contribution in [3.8, 4) is 0 Å². The van der Waals surface area contributed by atoms with E-state index >= 15 is 0 Å². The van der Waals surface area contributed by atoms with Crippen LogP contribution in [0, 0.1) is 59.2 Å². The SMILES string of the molecule is c1ccc(N2C3CC4C(CC5C6C4N(c4ccccc4)C4CC7CCCCC7C7C4P6C4C(CC6CCCCC6C4N7c4ccccc4)N5c4ccccc4)C4C3P3C5C2CC2CCCCC2C5N(c2ccccc2)C2C5CCCCC5CC(C23)N4c2ccccc2)cc1. The van der Waals surface area contributed by atoms with Crippen LogP contribution in [0.2, 0.25) is 0 Å². The van der Waals surface area contributed by atoms with Gasteiger partial charge in [-0.1, -0.05) is 202 Å². The maximum atomic E-state index is 3.45. The van der Waals surface area contributed by atoms with Gasteiger partial charge in [0.05, 0.1) is 0 Å². The zero-order valence-electron chi connectivity index (χ0n) is 55.6. The molecule has 0 N–H and O–H groups in total. The molecule has 10 saturated carbocycles. The van der Waals surface area contributed by atoms with Crippen molar-refractivity contribution in [3.63, 3.8) is 0 Å². The summed E-state index contributed by atoms with van der Waals surface area (Å²) in [7, 11) is -0.797. The van der Waals surface area contributed by atoms with Gasteiger partial charge >= 0.3 is 0 Å². The molecule has 8 heteroatoms. The lowest BCUT2D eigenvalue weighted by Gasteiger charge is -2.80. The van der Waals surface area contributed by atoms with Crippen molar-refractivity contribution in [1.29, 1.82) is 0 Å².